The van der Waals surface area contributed by atoms with Crippen LogP contribution in [-0.4, -0.2) is 23.9 Å². The Balaban J connectivity index is 1.55. The Morgan fingerprint density at radius 3 is 2.68 bits per heavy atom. The molecule has 0 spiro atoms. The van der Waals surface area contributed by atoms with Gasteiger partial charge in [-0.1, -0.05) is 36.8 Å². The Labute approximate surface area is 136 Å². The molecule has 1 amide bonds. The third-order valence-electron chi connectivity index (χ3n) is 4.04. The Hall–Kier alpha value is -1.65. The number of benzene rings is 1. The minimum atomic E-state index is 0.0106. The number of nitrogens with zero attached hydrogens (tertiary/aromatic N) is 1. The summed E-state index contributed by atoms with van der Waals surface area (Å²) in [7, 11) is 0. The van der Waals surface area contributed by atoms with Gasteiger partial charge in [0.05, 0.1) is 4.88 Å². The molecule has 0 unspecified atom stereocenters. The van der Waals surface area contributed by atoms with Crippen molar-refractivity contribution < 1.29 is 4.79 Å². The minimum absolute atomic E-state index is 0.0106. The minimum Gasteiger partial charge on any atom is -0.347 e. The van der Waals surface area contributed by atoms with E-state index in [4.69, 9.17) is 0 Å². The maximum atomic E-state index is 12.0. The lowest BCUT2D eigenvalue weighted by atomic mass is 10.1. The monoisotopic (exact) mass is 314 g/mol. The van der Waals surface area contributed by atoms with E-state index >= 15 is 0 Å². The van der Waals surface area contributed by atoms with Crippen LogP contribution in [0.4, 0.5) is 0 Å². The maximum absolute atomic E-state index is 12.0. The summed E-state index contributed by atoms with van der Waals surface area (Å²) in [6, 6.07) is 12.3. The summed E-state index contributed by atoms with van der Waals surface area (Å²) in [5, 5.41) is 4.91. The third-order valence-corrected chi connectivity index (χ3v) is 4.91. The molecule has 116 valence electrons. The fourth-order valence-electron chi connectivity index (χ4n) is 2.89. The Morgan fingerprint density at radius 1 is 1.09 bits per heavy atom. The number of carbonyl (C=O) groups excluding carboxylic acids is 1. The number of likely N-dealkylation sites (tertiary alicyclic amines) is 1. The van der Waals surface area contributed by atoms with Gasteiger partial charge >= 0.3 is 0 Å². The molecule has 2 heterocycles. The van der Waals surface area contributed by atoms with E-state index in [1.807, 2.05) is 17.5 Å². The van der Waals surface area contributed by atoms with E-state index in [9.17, 15) is 4.79 Å². The molecular weight excluding hydrogens is 292 g/mol. The number of rotatable bonds is 5. The van der Waals surface area contributed by atoms with Crippen molar-refractivity contribution >= 4 is 17.2 Å². The van der Waals surface area contributed by atoms with Crippen molar-refractivity contribution in [1.82, 2.24) is 10.2 Å². The van der Waals surface area contributed by atoms with Crippen LogP contribution in [0.15, 0.2) is 41.8 Å². The van der Waals surface area contributed by atoms with Crippen molar-refractivity contribution in [2.75, 3.05) is 13.1 Å². The summed E-state index contributed by atoms with van der Waals surface area (Å²) in [6.45, 7) is 4.02. The molecule has 1 aromatic heterocycles. The first-order chi connectivity index (χ1) is 10.8. The van der Waals surface area contributed by atoms with Gasteiger partial charge in [0, 0.05) is 13.1 Å². The van der Waals surface area contributed by atoms with E-state index in [0.717, 1.165) is 11.4 Å². The van der Waals surface area contributed by atoms with Gasteiger partial charge in [-0.2, -0.15) is 0 Å². The number of amides is 1. The second-order valence-corrected chi connectivity index (χ2v) is 6.76. The van der Waals surface area contributed by atoms with Gasteiger partial charge in [-0.05, 0) is 48.5 Å². The maximum Gasteiger partial charge on any atom is 0.261 e. The number of carbonyl (C=O) groups is 1. The molecule has 1 aliphatic rings. The summed E-state index contributed by atoms with van der Waals surface area (Å²) < 4.78 is 0. The van der Waals surface area contributed by atoms with Crippen LogP contribution in [0.1, 0.15) is 40.1 Å². The van der Waals surface area contributed by atoms with E-state index in [1.165, 1.54) is 54.8 Å². The molecule has 2 aromatic rings. The smallest absolute Gasteiger partial charge is 0.261 e. The van der Waals surface area contributed by atoms with Crippen molar-refractivity contribution in [2.45, 2.75) is 32.4 Å². The van der Waals surface area contributed by atoms with E-state index in [-0.39, 0.29) is 5.91 Å². The molecule has 1 saturated heterocycles. The lowest BCUT2D eigenvalue weighted by Crippen LogP contribution is -2.29. The highest BCUT2D eigenvalue weighted by Gasteiger charge is 2.11. The topological polar surface area (TPSA) is 32.3 Å². The fourth-order valence-corrected chi connectivity index (χ4v) is 3.53. The largest absolute Gasteiger partial charge is 0.347 e. The molecule has 3 rings (SSSR count). The molecule has 1 N–H and O–H groups in total. The van der Waals surface area contributed by atoms with Crippen molar-refractivity contribution in [3.8, 4) is 0 Å². The van der Waals surface area contributed by atoms with E-state index in [2.05, 4.69) is 34.5 Å². The second kappa shape index (κ2) is 7.56. The third kappa shape index (κ3) is 4.18. The van der Waals surface area contributed by atoms with Crippen molar-refractivity contribution in [3.63, 3.8) is 0 Å². The second-order valence-electron chi connectivity index (χ2n) is 5.82. The highest BCUT2D eigenvalue weighted by atomic mass is 32.1. The van der Waals surface area contributed by atoms with Gasteiger partial charge in [-0.3, -0.25) is 9.69 Å². The first-order valence-electron chi connectivity index (χ1n) is 7.93. The predicted octanol–water partition coefficient (Wildman–Crippen LogP) is 3.66. The van der Waals surface area contributed by atoms with Crippen LogP contribution in [0.2, 0.25) is 0 Å². The average Bonchev–Trinajstić information content (AvgIpc) is 3.08. The lowest BCUT2D eigenvalue weighted by molar-refractivity contribution is 0.0955. The molecule has 1 aromatic carbocycles. The van der Waals surface area contributed by atoms with Gasteiger partial charge in [0.2, 0.25) is 0 Å². The summed E-state index contributed by atoms with van der Waals surface area (Å²) in [4.78, 5) is 15.3. The summed E-state index contributed by atoms with van der Waals surface area (Å²) in [5.74, 6) is 0.0106. The molecule has 0 radical (unpaired) electrons. The molecule has 1 fully saturated rings. The van der Waals surface area contributed by atoms with Crippen molar-refractivity contribution in [2.24, 2.45) is 0 Å². The summed E-state index contributed by atoms with van der Waals surface area (Å²) in [5.41, 5.74) is 2.50. The van der Waals surface area contributed by atoms with E-state index in [0.29, 0.717) is 6.54 Å². The van der Waals surface area contributed by atoms with E-state index in [1.54, 1.807) is 0 Å². The summed E-state index contributed by atoms with van der Waals surface area (Å²) >= 11 is 1.47. The first-order valence-corrected chi connectivity index (χ1v) is 8.81. The first kappa shape index (κ1) is 15.3. The quantitative estimate of drug-likeness (QED) is 0.913. The van der Waals surface area contributed by atoms with Crippen LogP contribution in [0.3, 0.4) is 0 Å². The van der Waals surface area contributed by atoms with Crippen molar-refractivity contribution in [3.05, 3.63) is 57.8 Å². The molecule has 22 heavy (non-hydrogen) atoms. The zero-order chi connectivity index (χ0) is 15.2. The van der Waals surface area contributed by atoms with Gasteiger partial charge in [0.15, 0.2) is 0 Å². The Kier molecular flexibility index (Phi) is 5.24. The number of hydrogen-bond donors (Lipinski definition) is 1. The molecule has 3 nitrogen and oxygen atoms in total. The molecule has 0 bridgehead atoms. The van der Waals surface area contributed by atoms with Gasteiger partial charge in [-0.15, -0.1) is 11.3 Å². The van der Waals surface area contributed by atoms with Crippen LogP contribution < -0.4 is 5.32 Å². The SMILES string of the molecule is O=C(NCc1cccc(CN2CCCCC2)c1)c1cccs1. The molecule has 0 atom stereocenters. The highest BCUT2D eigenvalue weighted by Crippen LogP contribution is 2.14. The fraction of sp³-hybridized carbons (Fsp3) is 0.389. The Morgan fingerprint density at radius 2 is 1.91 bits per heavy atom. The molecular formula is C18H22N2OS. The van der Waals surface area contributed by atoms with E-state index < -0.39 is 0 Å². The van der Waals surface area contributed by atoms with Crippen molar-refractivity contribution in [1.29, 1.82) is 0 Å². The lowest BCUT2D eigenvalue weighted by Gasteiger charge is -2.26. The number of hydrogen-bond acceptors (Lipinski definition) is 3. The van der Waals surface area contributed by atoms with Gasteiger partial charge in [-0.25, -0.2) is 0 Å². The predicted molar refractivity (Wildman–Crippen MR) is 91.1 cm³/mol. The molecule has 4 heteroatoms. The normalized spacial score (nSPS) is 15.6. The highest BCUT2D eigenvalue weighted by molar-refractivity contribution is 7.12. The van der Waals surface area contributed by atoms with Gasteiger partial charge < -0.3 is 5.32 Å². The number of nitrogens with one attached hydrogen (secondary N) is 1. The summed E-state index contributed by atoms with van der Waals surface area (Å²) in [6.07, 6.45) is 4.00. The molecule has 0 aliphatic carbocycles. The molecule has 1 aliphatic heterocycles. The zero-order valence-electron chi connectivity index (χ0n) is 12.8. The van der Waals surface area contributed by atoms with Crippen LogP contribution in [0.5, 0.6) is 0 Å². The van der Waals surface area contributed by atoms with Gasteiger partial charge in [0.1, 0.15) is 0 Å². The van der Waals surface area contributed by atoms with Crippen LogP contribution in [0, 0.1) is 0 Å². The standard InChI is InChI=1S/C18H22N2OS/c21-18(17-8-5-11-22-17)19-13-15-6-4-7-16(12-15)14-20-9-2-1-3-10-20/h4-8,11-12H,1-3,9-10,13-14H2,(H,19,21). The van der Waals surface area contributed by atoms with Crippen LogP contribution >= 0.6 is 11.3 Å². The van der Waals surface area contributed by atoms with Crippen LogP contribution in [0.25, 0.3) is 0 Å². The number of thiophene rings is 1. The average molecular weight is 314 g/mol. The van der Waals surface area contributed by atoms with Gasteiger partial charge in [0.25, 0.3) is 5.91 Å². The van der Waals surface area contributed by atoms with Crippen LogP contribution in [-0.2, 0) is 13.1 Å². The number of piperidine rings is 1. The zero-order valence-corrected chi connectivity index (χ0v) is 13.6. The Bertz CT molecular complexity index is 603. The molecule has 0 saturated carbocycles.